The van der Waals surface area contributed by atoms with Crippen LogP contribution in [0.3, 0.4) is 0 Å². The van der Waals surface area contributed by atoms with Crippen molar-refractivity contribution in [3.05, 3.63) is 57.8 Å². The summed E-state index contributed by atoms with van der Waals surface area (Å²) in [5.74, 6) is -1.22. The number of anilines is 1. The Morgan fingerprint density at radius 2 is 1.94 bits per heavy atom. The van der Waals surface area contributed by atoms with Crippen molar-refractivity contribution >= 4 is 23.2 Å². The summed E-state index contributed by atoms with van der Waals surface area (Å²) in [6, 6.07) is 2.04. The third-order valence-corrected chi connectivity index (χ3v) is 4.09. The quantitative estimate of drug-likeness (QED) is 0.302. The predicted octanol–water partition coefficient (Wildman–Crippen LogP) is 4.07. The summed E-state index contributed by atoms with van der Waals surface area (Å²) < 4.78 is 39.2. The molecule has 3 N–H and O–H groups in total. The summed E-state index contributed by atoms with van der Waals surface area (Å²) in [6.07, 6.45) is 0.875. The van der Waals surface area contributed by atoms with Gasteiger partial charge in [0.1, 0.15) is 11.2 Å². The molecule has 1 atom stereocenters. The number of benzene rings is 1. The largest absolute Gasteiger partial charge is 0.423 e. The number of aliphatic hydroxyl groups is 1. The number of alkyl halides is 3. The molecule has 2 amide bonds. The van der Waals surface area contributed by atoms with Gasteiger partial charge in [-0.15, -0.1) is 0 Å². The second-order valence-electron chi connectivity index (χ2n) is 6.90. The monoisotopic (exact) mass is 443 g/mol. The Balaban J connectivity index is 2.86. The number of halogens is 3. The van der Waals surface area contributed by atoms with Crippen LogP contribution >= 0.6 is 0 Å². The number of nitro benzene ring substituents is 1. The minimum absolute atomic E-state index is 0.0616. The number of carbonyl (C=O) groups excluding carboxylic acids is 2. The SMILES string of the molecule is CC/C=C(\C=C/CCC(C)(O)C(=O)Nc1ccc([N+](=O)[O-])c(C(F)(F)F)c1)NC(C)=O. The minimum atomic E-state index is -4.99. The molecule has 0 aliphatic rings. The molecule has 0 spiro atoms. The van der Waals surface area contributed by atoms with E-state index in [1.54, 1.807) is 18.2 Å². The molecule has 1 unspecified atom stereocenters. The lowest BCUT2D eigenvalue weighted by Crippen LogP contribution is -2.39. The van der Waals surface area contributed by atoms with Crippen molar-refractivity contribution in [2.45, 2.75) is 51.8 Å². The van der Waals surface area contributed by atoms with E-state index < -0.39 is 33.9 Å². The molecule has 0 saturated heterocycles. The van der Waals surface area contributed by atoms with E-state index in [-0.39, 0.29) is 24.4 Å². The fourth-order valence-electron chi connectivity index (χ4n) is 2.54. The van der Waals surface area contributed by atoms with E-state index in [1.165, 1.54) is 13.8 Å². The standard InChI is InChI=1S/C20H24F3N3O5/c1-4-7-14(24-13(2)27)8-5-6-11-19(3,29)18(28)25-15-9-10-17(26(30)31)16(12-15)20(21,22)23/h5,7-10,12,29H,4,6,11H2,1-3H3,(H,24,27)(H,25,28)/b8-5-,14-7+. The van der Waals surface area contributed by atoms with Gasteiger partial charge >= 0.3 is 6.18 Å². The molecular formula is C20H24F3N3O5. The summed E-state index contributed by atoms with van der Waals surface area (Å²) >= 11 is 0. The van der Waals surface area contributed by atoms with Crippen LogP contribution in [-0.2, 0) is 15.8 Å². The third-order valence-electron chi connectivity index (χ3n) is 4.09. The lowest BCUT2D eigenvalue weighted by atomic mass is 9.98. The van der Waals surface area contributed by atoms with Crippen LogP contribution < -0.4 is 10.6 Å². The maximum absolute atomic E-state index is 13.1. The second kappa shape index (κ2) is 10.7. The maximum atomic E-state index is 13.1. The van der Waals surface area contributed by atoms with Crippen LogP contribution in [0.2, 0.25) is 0 Å². The van der Waals surface area contributed by atoms with Crippen molar-refractivity contribution in [1.82, 2.24) is 5.32 Å². The van der Waals surface area contributed by atoms with Crippen LogP contribution in [0, 0.1) is 10.1 Å². The first-order valence-corrected chi connectivity index (χ1v) is 9.31. The van der Waals surface area contributed by atoms with Crippen LogP contribution in [0.15, 0.2) is 42.1 Å². The van der Waals surface area contributed by atoms with Crippen LogP contribution in [0.4, 0.5) is 24.5 Å². The molecule has 0 saturated carbocycles. The fraction of sp³-hybridized carbons (Fsp3) is 0.400. The lowest BCUT2D eigenvalue weighted by Gasteiger charge is -2.22. The topological polar surface area (TPSA) is 122 Å². The van der Waals surface area contributed by atoms with Gasteiger partial charge in [0.25, 0.3) is 11.6 Å². The van der Waals surface area contributed by atoms with E-state index in [2.05, 4.69) is 10.6 Å². The van der Waals surface area contributed by atoms with Gasteiger partial charge in [-0.2, -0.15) is 13.2 Å². The summed E-state index contributed by atoms with van der Waals surface area (Å²) in [4.78, 5) is 33.1. The van der Waals surface area contributed by atoms with Crippen LogP contribution in [0.1, 0.15) is 45.6 Å². The average Bonchev–Trinajstić information content (AvgIpc) is 2.64. The normalized spacial score (nSPS) is 14.2. The molecule has 170 valence electrons. The molecule has 0 aliphatic carbocycles. The van der Waals surface area contributed by atoms with Gasteiger partial charge in [0, 0.05) is 24.4 Å². The first-order valence-electron chi connectivity index (χ1n) is 9.31. The van der Waals surface area contributed by atoms with Crippen molar-refractivity contribution in [2.75, 3.05) is 5.32 Å². The van der Waals surface area contributed by atoms with E-state index in [0.29, 0.717) is 24.3 Å². The number of hydrogen-bond acceptors (Lipinski definition) is 5. The Morgan fingerprint density at radius 3 is 2.45 bits per heavy atom. The Morgan fingerprint density at radius 1 is 1.29 bits per heavy atom. The fourth-order valence-corrected chi connectivity index (χ4v) is 2.54. The molecule has 0 fully saturated rings. The van der Waals surface area contributed by atoms with Crippen molar-refractivity contribution in [3.8, 4) is 0 Å². The Bertz CT molecular complexity index is 893. The van der Waals surface area contributed by atoms with Gasteiger partial charge in [-0.05, 0) is 44.4 Å². The molecule has 31 heavy (non-hydrogen) atoms. The number of nitrogens with zero attached hydrogens (tertiary/aromatic N) is 1. The third kappa shape index (κ3) is 8.21. The van der Waals surface area contributed by atoms with Crippen LogP contribution in [-0.4, -0.2) is 27.4 Å². The molecule has 0 radical (unpaired) electrons. The molecule has 11 heteroatoms. The zero-order chi connectivity index (χ0) is 23.8. The number of amides is 2. The van der Waals surface area contributed by atoms with Crippen molar-refractivity contribution in [3.63, 3.8) is 0 Å². The van der Waals surface area contributed by atoms with Crippen molar-refractivity contribution in [2.24, 2.45) is 0 Å². The Labute approximate surface area is 177 Å². The molecule has 8 nitrogen and oxygen atoms in total. The maximum Gasteiger partial charge on any atom is 0.423 e. The highest BCUT2D eigenvalue weighted by Gasteiger charge is 2.39. The van der Waals surface area contributed by atoms with Gasteiger partial charge in [-0.3, -0.25) is 19.7 Å². The predicted molar refractivity (Wildman–Crippen MR) is 108 cm³/mol. The molecule has 0 bridgehead atoms. The van der Waals surface area contributed by atoms with Crippen molar-refractivity contribution < 1.29 is 32.8 Å². The van der Waals surface area contributed by atoms with E-state index in [1.807, 2.05) is 6.92 Å². The summed E-state index contributed by atoms with van der Waals surface area (Å²) in [5.41, 5.74) is -4.35. The summed E-state index contributed by atoms with van der Waals surface area (Å²) in [5, 5.41) is 25.9. The summed E-state index contributed by atoms with van der Waals surface area (Å²) in [6.45, 7) is 4.44. The second-order valence-corrected chi connectivity index (χ2v) is 6.90. The highest BCUT2D eigenvalue weighted by Crippen LogP contribution is 2.37. The molecule has 0 heterocycles. The van der Waals surface area contributed by atoms with Crippen LogP contribution in [0.25, 0.3) is 0 Å². The first kappa shape index (κ1) is 25.8. The average molecular weight is 443 g/mol. The van der Waals surface area contributed by atoms with E-state index in [0.717, 1.165) is 6.07 Å². The number of nitrogens with one attached hydrogen (secondary N) is 2. The van der Waals surface area contributed by atoms with E-state index >= 15 is 0 Å². The van der Waals surface area contributed by atoms with Gasteiger partial charge in [0.15, 0.2) is 0 Å². The highest BCUT2D eigenvalue weighted by atomic mass is 19.4. The van der Waals surface area contributed by atoms with Crippen LogP contribution in [0.5, 0.6) is 0 Å². The van der Waals surface area contributed by atoms with Gasteiger partial charge in [-0.25, -0.2) is 0 Å². The number of nitro groups is 1. The number of hydrogen-bond donors (Lipinski definition) is 3. The van der Waals surface area contributed by atoms with Gasteiger partial charge in [0.2, 0.25) is 5.91 Å². The molecule has 0 aliphatic heterocycles. The van der Waals surface area contributed by atoms with E-state index in [4.69, 9.17) is 0 Å². The molecular weight excluding hydrogens is 419 g/mol. The molecule has 0 aromatic heterocycles. The minimum Gasteiger partial charge on any atom is -0.380 e. The van der Waals surface area contributed by atoms with E-state index in [9.17, 15) is 38.0 Å². The van der Waals surface area contributed by atoms with Gasteiger partial charge in [-0.1, -0.05) is 19.1 Å². The molecule has 1 rings (SSSR count). The Hall–Kier alpha value is -3.21. The number of carbonyl (C=O) groups is 2. The zero-order valence-corrected chi connectivity index (χ0v) is 17.2. The number of allylic oxidation sites excluding steroid dienone is 3. The smallest absolute Gasteiger partial charge is 0.380 e. The van der Waals surface area contributed by atoms with Crippen molar-refractivity contribution in [1.29, 1.82) is 0 Å². The zero-order valence-electron chi connectivity index (χ0n) is 17.2. The number of rotatable bonds is 9. The van der Waals surface area contributed by atoms with Gasteiger partial charge in [0.05, 0.1) is 4.92 Å². The molecule has 1 aromatic rings. The molecule has 1 aromatic carbocycles. The highest BCUT2D eigenvalue weighted by molar-refractivity contribution is 5.97. The first-order chi connectivity index (χ1) is 14.3. The van der Waals surface area contributed by atoms with Gasteiger partial charge < -0.3 is 15.7 Å². The lowest BCUT2D eigenvalue weighted by molar-refractivity contribution is -0.388. The Kier molecular flexibility index (Phi) is 8.92. The summed E-state index contributed by atoms with van der Waals surface area (Å²) in [7, 11) is 0.